The van der Waals surface area contributed by atoms with Crippen LogP contribution in [0.5, 0.6) is 0 Å². The van der Waals surface area contributed by atoms with Crippen LogP contribution in [0.4, 0.5) is 0 Å². The van der Waals surface area contributed by atoms with Gasteiger partial charge < -0.3 is 4.90 Å². The minimum absolute atomic E-state index is 0.0630. The molecule has 1 rings (SSSR count). The summed E-state index contributed by atoms with van der Waals surface area (Å²) < 4.78 is 0. The van der Waals surface area contributed by atoms with E-state index in [1.165, 1.54) is 0 Å². The van der Waals surface area contributed by atoms with Crippen LogP contribution in [0.25, 0.3) is 0 Å². The first-order chi connectivity index (χ1) is 8.06. The van der Waals surface area contributed by atoms with Gasteiger partial charge >= 0.3 is 0 Å². The second-order valence-electron chi connectivity index (χ2n) is 4.01. The van der Waals surface area contributed by atoms with Crippen LogP contribution < -0.4 is 0 Å². The summed E-state index contributed by atoms with van der Waals surface area (Å²) in [6.45, 7) is 4.33. The van der Waals surface area contributed by atoms with Gasteiger partial charge in [0.1, 0.15) is 0 Å². The Morgan fingerprint density at radius 3 is 2.47 bits per heavy atom. The van der Waals surface area contributed by atoms with E-state index in [9.17, 15) is 4.79 Å². The molecule has 0 bridgehead atoms. The van der Waals surface area contributed by atoms with E-state index in [2.05, 4.69) is 6.07 Å². The first-order valence-corrected chi connectivity index (χ1v) is 5.87. The van der Waals surface area contributed by atoms with Gasteiger partial charge in [0.2, 0.25) is 0 Å². The highest BCUT2D eigenvalue weighted by atomic mass is 35.5. The van der Waals surface area contributed by atoms with Crippen LogP contribution in [0.1, 0.15) is 30.6 Å². The van der Waals surface area contributed by atoms with Crippen molar-refractivity contribution >= 4 is 17.5 Å². The van der Waals surface area contributed by atoms with Gasteiger partial charge in [-0.25, -0.2) is 0 Å². The molecule has 0 aliphatic heterocycles. The summed E-state index contributed by atoms with van der Waals surface area (Å²) in [6.07, 6.45) is 0.345. The molecule has 1 amide bonds. The second kappa shape index (κ2) is 6.27. The Kier molecular flexibility index (Phi) is 4.99. The van der Waals surface area contributed by atoms with Crippen LogP contribution in [-0.4, -0.2) is 23.4 Å². The van der Waals surface area contributed by atoms with E-state index >= 15 is 0 Å². The van der Waals surface area contributed by atoms with Crippen molar-refractivity contribution in [2.45, 2.75) is 26.3 Å². The van der Waals surface area contributed by atoms with Gasteiger partial charge in [0.25, 0.3) is 5.91 Å². The van der Waals surface area contributed by atoms with Gasteiger partial charge in [-0.2, -0.15) is 5.26 Å². The Labute approximate surface area is 107 Å². The molecule has 90 valence electrons. The predicted octanol–water partition coefficient (Wildman–Crippen LogP) is 3.10. The number of halogens is 1. The fourth-order valence-corrected chi connectivity index (χ4v) is 1.65. The number of carbonyl (C=O) groups excluding carboxylic acids is 1. The molecule has 0 saturated carbocycles. The lowest BCUT2D eigenvalue weighted by molar-refractivity contribution is 0.0710. The molecule has 4 heteroatoms. The van der Waals surface area contributed by atoms with E-state index in [-0.39, 0.29) is 11.9 Å². The molecule has 0 aliphatic rings. The van der Waals surface area contributed by atoms with Crippen molar-refractivity contribution < 1.29 is 4.79 Å². The average Bonchev–Trinajstić information content (AvgIpc) is 2.29. The third kappa shape index (κ3) is 3.76. The molecular weight excluding hydrogens is 236 g/mol. The van der Waals surface area contributed by atoms with Crippen molar-refractivity contribution in [3.05, 3.63) is 34.9 Å². The van der Waals surface area contributed by atoms with Gasteiger partial charge in [0, 0.05) is 23.2 Å². The molecule has 0 saturated heterocycles. The van der Waals surface area contributed by atoms with Crippen molar-refractivity contribution in [1.29, 1.82) is 5.26 Å². The zero-order valence-electron chi connectivity index (χ0n) is 9.98. The minimum atomic E-state index is -0.0630. The predicted molar refractivity (Wildman–Crippen MR) is 67.9 cm³/mol. The molecule has 0 aromatic heterocycles. The lowest BCUT2D eigenvalue weighted by Gasteiger charge is -2.25. The normalized spacial score (nSPS) is 10.1. The summed E-state index contributed by atoms with van der Waals surface area (Å²) >= 11 is 5.77. The van der Waals surface area contributed by atoms with E-state index in [1.54, 1.807) is 29.2 Å². The first kappa shape index (κ1) is 13.5. The fourth-order valence-electron chi connectivity index (χ4n) is 1.52. The molecule has 0 unspecified atom stereocenters. The van der Waals surface area contributed by atoms with Gasteiger partial charge in [-0.15, -0.1) is 0 Å². The summed E-state index contributed by atoms with van der Waals surface area (Å²) in [5.41, 5.74) is 0.598. The fraction of sp³-hybridized carbons (Fsp3) is 0.385. The number of hydrogen-bond acceptors (Lipinski definition) is 2. The number of hydrogen-bond donors (Lipinski definition) is 0. The number of amides is 1. The van der Waals surface area contributed by atoms with Crippen molar-refractivity contribution in [3.63, 3.8) is 0 Å². The zero-order chi connectivity index (χ0) is 12.8. The van der Waals surface area contributed by atoms with Crippen LogP contribution in [0.2, 0.25) is 5.02 Å². The SMILES string of the molecule is CC(C)N(CCC#N)C(=O)c1ccc(Cl)cc1. The number of carbonyl (C=O) groups is 1. The molecule has 0 heterocycles. The maximum Gasteiger partial charge on any atom is 0.254 e. The van der Waals surface area contributed by atoms with Crippen LogP contribution >= 0.6 is 11.6 Å². The standard InChI is InChI=1S/C13H15ClN2O/c1-10(2)16(9-3-8-15)13(17)11-4-6-12(14)7-5-11/h4-7,10H,3,9H2,1-2H3. The average molecular weight is 251 g/mol. The highest BCUT2D eigenvalue weighted by Crippen LogP contribution is 2.13. The Bertz CT molecular complexity index is 420. The van der Waals surface area contributed by atoms with E-state index in [0.29, 0.717) is 23.6 Å². The van der Waals surface area contributed by atoms with Gasteiger partial charge in [-0.1, -0.05) is 11.6 Å². The second-order valence-corrected chi connectivity index (χ2v) is 4.44. The van der Waals surface area contributed by atoms with E-state index in [4.69, 9.17) is 16.9 Å². The maximum absolute atomic E-state index is 12.2. The molecule has 1 aromatic rings. The number of rotatable bonds is 4. The van der Waals surface area contributed by atoms with Gasteiger partial charge in [0.15, 0.2) is 0 Å². The largest absolute Gasteiger partial charge is 0.335 e. The van der Waals surface area contributed by atoms with Crippen LogP contribution in [-0.2, 0) is 0 Å². The Hall–Kier alpha value is -1.53. The highest BCUT2D eigenvalue weighted by molar-refractivity contribution is 6.30. The topological polar surface area (TPSA) is 44.1 Å². The molecule has 0 N–H and O–H groups in total. The summed E-state index contributed by atoms with van der Waals surface area (Å²) in [7, 11) is 0. The minimum Gasteiger partial charge on any atom is -0.335 e. The number of benzene rings is 1. The molecule has 0 spiro atoms. The molecule has 0 aliphatic carbocycles. The smallest absolute Gasteiger partial charge is 0.254 e. The molecule has 17 heavy (non-hydrogen) atoms. The van der Waals surface area contributed by atoms with Gasteiger partial charge in [-0.3, -0.25) is 4.79 Å². The first-order valence-electron chi connectivity index (χ1n) is 5.49. The van der Waals surface area contributed by atoms with Crippen LogP contribution in [0, 0.1) is 11.3 Å². The summed E-state index contributed by atoms with van der Waals surface area (Å²) in [6, 6.07) is 8.91. The molecule has 0 fully saturated rings. The van der Waals surface area contributed by atoms with Crippen molar-refractivity contribution in [3.8, 4) is 6.07 Å². The Morgan fingerprint density at radius 1 is 1.41 bits per heavy atom. The highest BCUT2D eigenvalue weighted by Gasteiger charge is 2.17. The third-order valence-corrected chi connectivity index (χ3v) is 2.69. The Balaban J connectivity index is 2.84. The van der Waals surface area contributed by atoms with Crippen molar-refractivity contribution in [1.82, 2.24) is 4.90 Å². The molecule has 3 nitrogen and oxygen atoms in total. The summed E-state index contributed by atoms with van der Waals surface area (Å²) in [5, 5.41) is 9.19. The summed E-state index contributed by atoms with van der Waals surface area (Å²) in [4.78, 5) is 13.9. The maximum atomic E-state index is 12.2. The number of nitrogens with zero attached hydrogens (tertiary/aromatic N) is 2. The van der Waals surface area contributed by atoms with E-state index in [0.717, 1.165) is 0 Å². The third-order valence-electron chi connectivity index (χ3n) is 2.44. The van der Waals surface area contributed by atoms with Crippen LogP contribution in [0.3, 0.4) is 0 Å². The lowest BCUT2D eigenvalue weighted by atomic mass is 10.1. The number of nitriles is 1. The zero-order valence-corrected chi connectivity index (χ0v) is 10.7. The van der Waals surface area contributed by atoms with Gasteiger partial charge in [-0.05, 0) is 38.1 Å². The quantitative estimate of drug-likeness (QED) is 0.824. The van der Waals surface area contributed by atoms with Crippen molar-refractivity contribution in [2.24, 2.45) is 0 Å². The monoisotopic (exact) mass is 250 g/mol. The van der Waals surface area contributed by atoms with Crippen LogP contribution in [0.15, 0.2) is 24.3 Å². The lowest BCUT2D eigenvalue weighted by Crippen LogP contribution is -2.37. The molecule has 1 aromatic carbocycles. The summed E-state index contributed by atoms with van der Waals surface area (Å²) in [5.74, 6) is -0.0630. The molecule has 0 radical (unpaired) electrons. The van der Waals surface area contributed by atoms with E-state index < -0.39 is 0 Å². The Morgan fingerprint density at radius 2 is 2.00 bits per heavy atom. The molecule has 0 atom stereocenters. The van der Waals surface area contributed by atoms with E-state index in [1.807, 2.05) is 13.8 Å². The van der Waals surface area contributed by atoms with Gasteiger partial charge in [0.05, 0.1) is 12.5 Å². The van der Waals surface area contributed by atoms with Crippen molar-refractivity contribution in [2.75, 3.05) is 6.54 Å². The molecular formula is C13H15ClN2O.